The van der Waals surface area contributed by atoms with E-state index < -0.39 is 15.1 Å². The topological polar surface area (TPSA) is 76.1 Å². The van der Waals surface area contributed by atoms with Crippen LogP contribution in [0.15, 0.2) is 90.1 Å². The summed E-state index contributed by atoms with van der Waals surface area (Å²) in [7, 11) is -3.68. The number of carbonyl (C=O) groups excluding carboxylic acids is 1. The average Bonchev–Trinajstić information content (AvgIpc) is 2.70. The maximum atomic E-state index is 13.1. The lowest BCUT2D eigenvalue weighted by atomic mass is 10.1. The summed E-state index contributed by atoms with van der Waals surface area (Å²) in [5.74, 6) is -0.224. The molecule has 2 aromatic carbocycles. The highest BCUT2D eigenvalue weighted by Gasteiger charge is 2.29. The molecule has 1 aromatic heterocycles. The molecule has 3 aromatic rings. The number of hydrogen-bond acceptors (Lipinski definition) is 4. The first-order valence-electron chi connectivity index (χ1n) is 8.57. The number of aromatic nitrogens is 1. The van der Waals surface area contributed by atoms with Crippen LogP contribution >= 0.6 is 0 Å². The van der Waals surface area contributed by atoms with Crippen LogP contribution in [0.1, 0.15) is 16.4 Å². The van der Waals surface area contributed by atoms with Crippen molar-refractivity contribution in [3.05, 3.63) is 96.3 Å². The molecule has 1 amide bonds. The third-order valence-corrected chi connectivity index (χ3v) is 6.31. The van der Waals surface area contributed by atoms with E-state index in [0.717, 1.165) is 5.56 Å². The number of amides is 1. The van der Waals surface area contributed by atoms with E-state index in [4.69, 9.17) is 0 Å². The van der Waals surface area contributed by atoms with E-state index in [2.05, 4.69) is 10.3 Å². The quantitative estimate of drug-likeness (QED) is 0.684. The minimum Gasteiger partial charge on any atom is -0.354 e. The molecule has 5 nitrogen and oxygen atoms in total. The number of pyridine rings is 1. The van der Waals surface area contributed by atoms with Crippen molar-refractivity contribution in [1.82, 2.24) is 10.3 Å². The van der Waals surface area contributed by atoms with Gasteiger partial charge in [-0.25, -0.2) is 8.42 Å². The molecule has 3 rings (SSSR count). The molecule has 0 aliphatic rings. The van der Waals surface area contributed by atoms with Gasteiger partial charge in [0.25, 0.3) is 0 Å². The molecule has 138 valence electrons. The molecule has 0 saturated carbocycles. The Morgan fingerprint density at radius 1 is 0.926 bits per heavy atom. The largest absolute Gasteiger partial charge is 0.354 e. The number of benzene rings is 2. The predicted molar refractivity (Wildman–Crippen MR) is 104 cm³/mol. The Kier molecular flexibility index (Phi) is 5.98. The van der Waals surface area contributed by atoms with Crippen LogP contribution in [0.25, 0.3) is 0 Å². The Bertz CT molecular complexity index is 976. The van der Waals surface area contributed by atoms with Crippen LogP contribution < -0.4 is 5.32 Å². The lowest BCUT2D eigenvalue weighted by molar-refractivity contribution is -0.120. The van der Waals surface area contributed by atoms with Gasteiger partial charge in [0.05, 0.1) is 11.3 Å². The molecular formula is C21H20N2O3S. The summed E-state index contributed by atoms with van der Waals surface area (Å²) in [6.07, 6.45) is 3.31. The van der Waals surface area contributed by atoms with Crippen LogP contribution in [0.3, 0.4) is 0 Å². The third kappa shape index (κ3) is 4.80. The van der Waals surface area contributed by atoms with Gasteiger partial charge in [-0.15, -0.1) is 0 Å². The smallest absolute Gasteiger partial charge is 0.224 e. The van der Waals surface area contributed by atoms with Gasteiger partial charge in [-0.1, -0.05) is 54.6 Å². The molecule has 0 bridgehead atoms. The van der Waals surface area contributed by atoms with Gasteiger partial charge in [0, 0.05) is 18.9 Å². The SMILES string of the molecule is O=C(Cc1ccccc1)NC[C@@H](c1cccnc1)S(=O)(=O)c1ccccc1. The van der Waals surface area contributed by atoms with Crippen LogP contribution in [0.2, 0.25) is 0 Å². The molecule has 1 atom stereocenters. The number of sulfone groups is 1. The van der Waals surface area contributed by atoms with Crippen LogP contribution in [-0.2, 0) is 21.1 Å². The van der Waals surface area contributed by atoms with Crippen LogP contribution in [0, 0.1) is 0 Å². The standard InChI is InChI=1S/C21H20N2O3S/c24-21(14-17-8-3-1-4-9-17)23-16-20(18-10-7-13-22-15-18)27(25,26)19-11-5-2-6-12-19/h1-13,15,20H,14,16H2,(H,23,24)/t20-/m0/s1. The lowest BCUT2D eigenvalue weighted by Crippen LogP contribution is -2.33. The lowest BCUT2D eigenvalue weighted by Gasteiger charge is -2.19. The summed E-state index contributed by atoms with van der Waals surface area (Å²) in [6.45, 7) is -0.0193. The van der Waals surface area contributed by atoms with Gasteiger partial charge in [0.2, 0.25) is 5.91 Å². The Morgan fingerprint density at radius 2 is 1.59 bits per heavy atom. The van der Waals surface area contributed by atoms with Crippen molar-refractivity contribution in [3.8, 4) is 0 Å². The molecule has 0 spiro atoms. The number of rotatable bonds is 7. The van der Waals surface area contributed by atoms with Crippen molar-refractivity contribution in [2.45, 2.75) is 16.6 Å². The van der Waals surface area contributed by atoms with E-state index in [1.165, 1.54) is 6.20 Å². The van der Waals surface area contributed by atoms with E-state index in [0.29, 0.717) is 5.56 Å². The fourth-order valence-corrected chi connectivity index (χ4v) is 4.46. The van der Waals surface area contributed by atoms with Crippen molar-refractivity contribution < 1.29 is 13.2 Å². The predicted octanol–water partition coefficient (Wildman–Crippen LogP) is 2.96. The second-order valence-corrected chi connectivity index (χ2v) is 8.23. The maximum Gasteiger partial charge on any atom is 0.224 e. The fraction of sp³-hybridized carbons (Fsp3) is 0.143. The summed E-state index contributed by atoms with van der Waals surface area (Å²) in [4.78, 5) is 16.5. The molecule has 27 heavy (non-hydrogen) atoms. The number of nitrogens with one attached hydrogen (secondary N) is 1. The third-order valence-electron chi connectivity index (χ3n) is 4.19. The first-order valence-corrected chi connectivity index (χ1v) is 10.1. The fourth-order valence-electron chi connectivity index (χ4n) is 2.80. The normalized spacial score (nSPS) is 12.3. The van der Waals surface area contributed by atoms with Crippen LogP contribution in [-0.4, -0.2) is 25.9 Å². The summed E-state index contributed by atoms with van der Waals surface area (Å²) < 4.78 is 26.2. The van der Waals surface area contributed by atoms with E-state index in [1.54, 1.807) is 48.7 Å². The van der Waals surface area contributed by atoms with Crippen LogP contribution in [0.4, 0.5) is 0 Å². The molecule has 0 radical (unpaired) electrons. The monoisotopic (exact) mass is 380 g/mol. The molecule has 1 N–H and O–H groups in total. The van der Waals surface area contributed by atoms with Crippen molar-refractivity contribution in [2.75, 3.05) is 6.54 Å². The van der Waals surface area contributed by atoms with E-state index >= 15 is 0 Å². The first-order chi connectivity index (χ1) is 13.1. The number of hydrogen-bond donors (Lipinski definition) is 1. The summed E-state index contributed by atoms with van der Waals surface area (Å²) in [5, 5.41) is 1.85. The zero-order valence-electron chi connectivity index (χ0n) is 14.7. The highest BCUT2D eigenvalue weighted by atomic mass is 32.2. The molecule has 0 aliphatic heterocycles. The number of carbonyl (C=O) groups is 1. The van der Waals surface area contributed by atoms with Crippen LogP contribution in [0.5, 0.6) is 0 Å². The summed E-state index contributed by atoms with van der Waals surface area (Å²) >= 11 is 0. The average molecular weight is 380 g/mol. The molecule has 1 heterocycles. The molecule has 6 heteroatoms. The zero-order valence-corrected chi connectivity index (χ0v) is 15.5. The summed E-state index contributed by atoms with van der Waals surface area (Å²) in [5.41, 5.74) is 1.42. The molecule has 0 fully saturated rings. The van der Waals surface area contributed by atoms with Crippen molar-refractivity contribution in [2.24, 2.45) is 0 Å². The second-order valence-electron chi connectivity index (χ2n) is 6.10. The zero-order chi connectivity index (χ0) is 19.1. The van der Waals surface area contributed by atoms with E-state index in [1.807, 2.05) is 30.3 Å². The van der Waals surface area contributed by atoms with Gasteiger partial charge in [-0.05, 0) is 29.3 Å². The van der Waals surface area contributed by atoms with Crippen molar-refractivity contribution in [1.29, 1.82) is 0 Å². The Labute approximate surface area is 159 Å². The van der Waals surface area contributed by atoms with Gasteiger partial charge in [0.1, 0.15) is 5.25 Å². The first kappa shape index (κ1) is 18.8. The van der Waals surface area contributed by atoms with Gasteiger partial charge in [-0.3, -0.25) is 9.78 Å². The van der Waals surface area contributed by atoms with Gasteiger partial charge in [0.15, 0.2) is 9.84 Å². The van der Waals surface area contributed by atoms with Crippen molar-refractivity contribution >= 4 is 15.7 Å². The van der Waals surface area contributed by atoms with Gasteiger partial charge in [-0.2, -0.15) is 0 Å². The Balaban J connectivity index is 1.80. The molecule has 0 saturated heterocycles. The van der Waals surface area contributed by atoms with E-state index in [9.17, 15) is 13.2 Å². The minimum atomic E-state index is -3.68. The number of nitrogens with zero attached hydrogens (tertiary/aromatic N) is 1. The van der Waals surface area contributed by atoms with Gasteiger partial charge >= 0.3 is 0 Å². The maximum absolute atomic E-state index is 13.1. The highest BCUT2D eigenvalue weighted by Crippen LogP contribution is 2.27. The summed E-state index contributed by atoms with van der Waals surface area (Å²) in [6, 6.07) is 21.0. The minimum absolute atomic E-state index is 0.0193. The van der Waals surface area contributed by atoms with E-state index in [-0.39, 0.29) is 23.8 Å². The Morgan fingerprint density at radius 3 is 2.22 bits per heavy atom. The Hall–Kier alpha value is -2.99. The highest BCUT2D eigenvalue weighted by molar-refractivity contribution is 7.91. The second kappa shape index (κ2) is 8.60. The molecular weight excluding hydrogens is 360 g/mol. The van der Waals surface area contributed by atoms with Gasteiger partial charge < -0.3 is 5.32 Å². The van der Waals surface area contributed by atoms with Crippen molar-refractivity contribution in [3.63, 3.8) is 0 Å². The molecule has 0 aliphatic carbocycles. The molecule has 0 unspecified atom stereocenters.